The lowest BCUT2D eigenvalue weighted by molar-refractivity contribution is -0.128. The number of anilines is 1. The average molecular weight is 483 g/mol. The Morgan fingerprint density at radius 2 is 1.49 bits per heavy atom. The normalized spacial score (nSPS) is 24.8. The molecule has 2 saturated heterocycles. The molecule has 4 heteroatoms. The van der Waals surface area contributed by atoms with Crippen molar-refractivity contribution in [3.8, 4) is 0 Å². The smallest absolute Gasteiger partial charge is 0.234 e. The summed E-state index contributed by atoms with van der Waals surface area (Å²) in [6.07, 6.45) is 11.8. The van der Waals surface area contributed by atoms with Gasteiger partial charge in [-0.05, 0) is 79.6 Å². The first-order valence-electron chi connectivity index (χ1n) is 14.4. The first kappa shape index (κ1) is 27.9. The Bertz CT molecular complexity index is 812. The van der Waals surface area contributed by atoms with Crippen LogP contribution in [-0.2, 0) is 16.1 Å². The molecular formula is C31H50N2O2. The van der Waals surface area contributed by atoms with Crippen molar-refractivity contribution < 1.29 is 9.59 Å². The summed E-state index contributed by atoms with van der Waals surface area (Å²) in [5.41, 5.74) is 2.70. The summed E-state index contributed by atoms with van der Waals surface area (Å²) in [6, 6.07) is 8.37. The number of likely N-dealkylation sites (tertiary alicyclic amines) is 1. The van der Waals surface area contributed by atoms with Crippen molar-refractivity contribution in [1.82, 2.24) is 4.90 Å². The Balaban J connectivity index is 0.00000167. The van der Waals surface area contributed by atoms with E-state index in [0.29, 0.717) is 18.4 Å². The van der Waals surface area contributed by atoms with E-state index in [4.69, 9.17) is 0 Å². The van der Waals surface area contributed by atoms with Gasteiger partial charge in [0.2, 0.25) is 5.91 Å². The zero-order chi connectivity index (χ0) is 25.4. The number of amides is 1. The Morgan fingerprint density at radius 1 is 0.857 bits per heavy atom. The highest BCUT2D eigenvalue weighted by Crippen LogP contribution is 2.39. The van der Waals surface area contributed by atoms with Crippen LogP contribution in [0, 0.1) is 23.2 Å². The molecule has 1 aliphatic carbocycles. The fourth-order valence-electron chi connectivity index (χ4n) is 6.46. The highest BCUT2D eigenvalue weighted by Gasteiger charge is 2.29. The molecule has 0 aromatic heterocycles. The van der Waals surface area contributed by atoms with Gasteiger partial charge < -0.3 is 4.90 Å². The largest absolute Gasteiger partial charge is 0.312 e. The third-order valence-corrected chi connectivity index (χ3v) is 8.13. The van der Waals surface area contributed by atoms with E-state index >= 15 is 0 Å². The topological polar surface area (TPSA) is 40.6 Å². The van der Waals surface area contributed by atoms with Crippen molar-refractivity contribution in [3.05, 3.63) is 29.8 Å². The lowest BCUT2D eigenvalue weighted by Gasteiger charge is -2.37. The fraction of sp³-hybridized carbons (Fsp3) is 0.742. The van der Waals surface area contributed by atoms with Gasteiger partial charge in [-0.25, -0.2) is 0 Å². The summed E-state index contributed by atoms with van der Waals surface area (Å²) in [5, 5.41) is 0. The number of carbonyl (C=O) groups excluding carboxylic acids is 2. The summed E-state index contributed by atoms with van der Waals surface area (Å²) >= 11 is 0. The van der Waals surface area contributed by atoms with Gasteiger partial charge >= 0.3 is 0 Å². The fourth-order valence-corrected chi connectivity index (χ4v) is 6.46. The minimum absolute atomic E-state index is 0.0516. The molecule has 0 radical (unpaired) electrons. The third kappa shape index (κ3) is 8.74. The zero-order valence-electron chi connectivity index (χ0n) is 23.2. The molecule has 196 valence electrons. The maximum atomic E-state index is 12.3. The van der Waals surface area contributed by atoms with Gasteiger partial charge in [0.1, 0.15) is 5.78 Å². The lowest BCUT2D eigenvalue weighted by atomic mass is 9.72. The third-order valence-electron chi connectivity index (χ3n) is 8.13. The molecule has 0 N–H and O–H groups in total. The van der Waals surface area contributed by atoms with E-state index in [0.717, 1.165) is 30.0 Å². The second-order valence-electron chi connectivity index (χ2n) is 12.3. The highest BCUT2D eigenvalue weighted by atomic mass is 16.2. The second kappa shape index (κ2) is 13.0. The molecule has 35 heavy (non-hydrogen) atoms. The van der Waals surface area contributed by atoms with Crippen molar-refractivity contribution in [1.29, 1.82) is 0 Å². The van der Waals surface area contributed by atoms with Gasteiger partial charge in [-0.15, -0.1) is 0 Å². The maximum absolute atomic E-state index is 12.3. The van der Waals surface area contributed by atoms with E-state index < -0.39 is 0 Å². The average Bonchev–Trinajstić information content (AvgIpc) is 2.82. The molecule has 3 aliphatic rings. The molecule has 1 aromatic carbocycles. The highest BCUT2D eigenvalue weighted by molar-refractivity contribution is 6.08. The van der Waals surface area contributed by atoms with Crippen molar-refractivity contribution in [2.24, 2.45) is 23.2 Å². The molecule has 4 rings (SSSR count). The minimum atomic E-state index is -0.0587. The van der Waals surface area contributed by atoms with Gasteiger partial charge in [-0.2, -0.15) is 0 Å². The van der Waals surface area contributed by atoms with E-state index in [2.05, 4.69) is 43.9 Å². The van der Waals surface area contributed by atoms with Crippen LogP contribution < -0.4 is 4.90 Å². The van der Waals surface area contributed by atoms with Crippen LogP contribution >= 0.6 is 0 Å². The zero-order valence-corrected chi connectivity index (χ0v) is 23.2. The van der Waals surface area contributed by atoms with Gasteiger partial charge in [0, 0.05) is 25.2 Å². The number of rotatable bonds is 6. The van der Waals surface area contributed by atoms with Crippen molar-refractivity contribution in [2.45, 2.75) is 105 Å². The van der Waals surface area contributed by atoms with Crippen LogP contribution in [-0.4, -0.2) is 36.2 Å². The van der Waals surface area contributed by atoms with Crippen molar-refractivity contribution in [3.63, 3.8) is 0 Å². The van der Waals surface area contributed by atoms with Crippen molar-refractivity contribution >= 4 is 17.4 Å². The number of hydrogen-bond donors (Lipinski definition) is 0. The number of carbonyl (C=O) groups is 2. The summed E-state index contributed by atoms with van der Waals surface area (Å²) in [4.78, 5) is 28.2. The molecular weight excluding hydrogens is 432 g/mol. The van der Waals surface area contributed by atoms with E-state index in [1.807, 2.05) is 19.9 Å². The summed E-state index contributed by atoms with van der Waals surface area (Å²) in [7, 11) is 0. The predicted molar refractivity (Wildman–Crippen MR) is 147 cm³/mol. The number of nitrogens with zero attached hydrogens (tertiary/aromatic N) is 2. The number of piperidine rings is 2. The number of benzene rings is 1. The van der Waals surface area contributed by atoms with E-state index in [-0.39, 0.29) is 18.1 Å². The molecule has 0 spiro atoms. The molecule has 0 atom stereocenters. The number of hydrogen-bond acceptors (Lipinski definition) is 3. The van der Waals surface area contributed by atoms with Gasteiger partial charge in [-0.1, -0.05) is 72.4 Å². The van der Waals surface area contributed by atoms with Gasteiger partial charge in [0.05, 0.1) is 6.42 Å². The Morgan fingerprint density at radius 3 is 2.11 bits per heavy atom. The summed E-state index contributed by atoms with van der Waals surface area (Å²) < 4.78 is 0. The lowest BCUT2D eigenvalue weighted by Crippen LogP contribution is -2.39. The molecule has 1 saturated carbocycles. The molecule has 0 bridgehead atoms. The Labute approximate surface area is 214 Å². The molecule has 3 fully saturated rings. The maximum Gasteiger partial charge on any atom is 0.234 e. The second-order valence-corrected chi connectivity index (χ2v) is 12.3. The van der Waals surface area contributed by atoms with Crippen LogP contribution in [0.2, 0.25) is 0 Å². The number of ketones is 1. The van der Waals surface area contributed by atoms with Crippen LogP contribution in [0.25, 0.3) is 0 Å². The first-order chi connectivity index (χ1) is 16.7. The molecule has 0 unspecified atom stereocenters. The Kier molecular flexibility index (Phi) is 10.4. The predicted octanol–water partition coefficient (Wildman–Crippen LogP) is 7.25. The van der Waals surface area contributed by atoms with Crippen LogP contribution in [0.3, 0.4) is 0 Å². The van der Waals surface area contributed by atoms with Crippen LogP contribution in [0.4, 0.5) is 5.69 Å². The van der Waals surface area contributed by atoms with Gasteiger partial charge in [0.25, 0.3) is 0 Å². The van der Waals surface area contributed by atoms with Crippen molar-refractivity contribution in [2.75, 3.05) is 24.5 Å². The quantitative estimate of drug-likeness (QED) is 0.401. The standard InChI is InChI=1S/C29H44N2O2.C2H6/c1-29(2,3)20-24-9-7-22(8-10-24)17-23-11-14-30(15-12-23)21-25-5-4-6-26(18-25)31-16-13-27(32)19-28(31)33;1-2/h4-6,18,22-24H,7-17,19-21H2,1-3H3;1-2H3. The summed E-state index contributed by atoms with van der Waals surface area (Å²) in [5.74, 6) is 2.83. The molecule has 2 heterocycles. The van der Waals surface area contributed by atoms with E-state index in [9.17, 15) is 9.59 Å². The molecule has 1 aromatic rings. The van der Waals surface area contributed by atoms with Crippen LogP contribution in [0.15, 0.2) is 24.3 Å². The van der Waals surface area contributed by atoms with Gasteiger partial charge in [0.15, 0.2) is 0 Å². The first-order valence-corrected chi connectivity index (χ1v) is 14.4. The molecule has 1 amide bonds. The minimum Gasteiger partial charge on any atom is -0.312 e. The Hall–Kier alpha value is -1.68. The van der Waals surface area contributed by atoms with Crippen LogP contribution in [0.1, 0.15) is 104 Å². The molecule has 2 aliphatic heterocycles. The SMILES string of the molecule is CC.CC(C)(C)CC1CCC(CC2CCN(Cc3cccc(N4CCC(=O)CC4=O)c3)CC2)CC1. The molecule has 4 nitrogen and oxygen atoms in total. The van der Waals surface area contributed by atoms with E-state index in [1.54, 1.807) is 4.90 Å². The monoisotopic (exact) mass is 482 g/mol. The summed E-state index contributed by atoms with van der Waals surface area (Å²) in [6.45, 7) is 15.0. The van der Waals surface area contributed by atoms with E-state index in [1.165, 1.54) is 70.0 Å². The van der Waals surface area contributed by atoms with Gasteiger partial charge in [-0.3, -0.25) is 14.5 Å². The number of Topliss-reactive ketones (excluding diaryl/α,β-unsaturated/α-hetero) is 1. The van der Waals surface area contributed by atoms with Crippen LogP contribution in [0.5, 0.6) is 0 Å².